The lowest BCUT2D eigenvalue weighted by Crippen LogP contribution is -2.26. The van der Waals surface area contributed by atoms with Gasteiger partial charge in [0.05, 0.1) is 12.8 Å². The second kappa shape index (κ2) is 5.90. The van der Waals surface area contributed by atoms with E-state index in [0.29, 0.717) is 5.41 Å². The maximum Gasteiger partial charge on any atom is 0.122 e. The molecule has 3 nitrogen and oxygen atoms in total. The van der Waals surface area contributed by atoms with E-state index in [0.717, 1.165) is 24.9 Å². The van der Waals surface area contributed by atoms with Crippen LogP contribution in [0.3, 0.4) is 0 Å². The van der Waals surface area contributed by atoms with Crippen LogP contribution in [0.4, 0.5) is 0 Å². The van der Waals surface area contributed by atoms with Crippen LogP contribution in [-0.4, -0.2) is 24.0 Å². The summed E-state index contributed by atoms with van der Waals surface area (Å²) in [6.45, 7) is 9.19. The van der Waals surface area contributed by atoms with E-state index >= 15 is 0 Å². The molecule has 0 spiro atoms. The van der Waals surface area contributed by atoms with Crippen LogP contribution >= 0.6 is 0 Å². The number of hydrogen-bond acceptors (Lipinski definition) is 3. The molecule has 2 heterocycles. The number of nitrogens with one attached hydrogen (secondary N) is 1. The maximum atomic E-state index is 5.67. The quantitative estimate of drug-likeness (QED) is 0.891. The monoisotopic (exact) mass is 276 g/mol. The van der Waals surface area contributed by atoms with E-state index in [1.807, 2.05) is 6.26 Å². The molecule has 1 aliphatic carbocycles. The molecule has 1 N–H and O–H groups in total. The van der Waals surface area contributed by atoms with Crippen LogP contribution in [-0.2, 0) is 13.1 Å². The molecule has 0 bridgehead atoms. The first-order chi connectivity index (χ1) is 9.62. The van der Waals surface area contributed by atoms with Gasteiger partial charge in [-0.3, -0.25) is 4.90 Å². The number of furan rings is 1. The molecule has 2 aliphatic rings. The van der Waals surface area contributed by atoms with Crippen molar-refractivity contribution in [2.24, 2.45) is 5.41 Å². The number of hydrogen-bond donors (Lipinski definition) is 1. The van der Waals surface area contributed by atoms with Gasteiger partial charge in [-0.15, -0.1) is 0 Å². The Hall–Kier alpha value is -0.800. The minimum atomic E-state index is 0.515. The maximum absolute atomic E-state index is 5.67. The zero-order valence-corrected chi connectivity index (χ0v) is 13.0. The van der Waals surface area contributed by atoms with Gasteiger partial charge in [0, 0.05) is 18.2 Å². The molecule has 3 rings (SSSR count). The van der Waals surface area contributed by atoms with Crippen molar-refractivity contribution in [2.75, 3.05) is 13.1 Å². The van der Waals surface area contributed by atoms with Crippen molar-refractivity contribution in [3.05, 3.63) is 23.7 Å². The first-order valence-corrected chi connectivity index (χ1v) is 8.13. The van der Waals surface area contributed by atoms with Gasteiger partial charge in [0.2, 0.25) is 0 Å². The van der Waals surface area contributed by atoms with E-state index in [1.165, 1.54) is 50.8 Å². The minimum Gasteiger partial charge on any atom is -0.468 e. The van der Waals surface area contributed by atoms with Gasteiger partial charge in [0.15, 0.2) is 0 Å². The van der Waals surface area contributed by atoms with Crippen molar-refractivity contribution in [3.63, 3.8) is 0 Å². The lowest BCUT2D eigenvalue weighted by atomic mass is 9.85. The van der Waals surface area contributed by atoms with Gasteiger partial charge in [0.25, 0.3) is 0 Å². The SMILES string of the molecule is CC1(C)CCCN(Cc2ccoc2CNC2CC2)CC1. The Labute approximate surface area is 122 Å². The van der Waals surface area contributed by atoms with E-state index < -0.39 is 0 Å². The average molecular weight is 276 g/mol. The first-order valence-electron chi connectivity index (χ1n) is 8.13. The zero-order chi connectivity index (χ0) is 14.0. The Kier molecular flexibility index (Phi) is 4.18. The topological polar surface area (TPSA) is 28.4 Å². The molecule has 0 radical (unpaired) electrons. The summed E-state index contributed by atoms with van der Waals surface area (Å²) in [5, 5.41) is 3.55. The van der Waals surface area contributed by atoms with Crippen LogP contribution in [0.1, 0.15) is 57.3 Å². The van der Waals surface area contributed by atoms with E-state index in [2.05, 4.69) is 30.1 Å². The van der Waals surface area contributed by atoms with Crippen molar-refractivity contribution in [3.8, 4) is 0 Å². The molecule has 1 aromatic rings. The summed E-state index contributed by atoms with van der Waals surface area (Å²) in [4.78, 5) is 2.60. The predicted molar refractivity (Wildman–Crippen MR) is 81.5 cm³/mol. The highest BCUT2D eigenvalue weighted by atomic mass is 16.3. The molecule has 112 valence electrons. The number of nitrogens with zero attached hydrogens (tertiary/aromatic N) is 1. The van der Waals surface area contributed by atoms with Crippen molar-refractivity contribution in [1.29, 1.82) is 0 Å². The van der Waals surface area contributed by atoms with Crippen LogP contribution < -0.4 is 5.32 Å². The summed E-state index contributed by atoms with van der Waals surface area (Å²) in [6.07, 6.45) is 8.49. The van der Waals surface area contributed by atoms with Crippen molar-refractivity contribution < 1.29 is 4.42 Å². The minimum absolute atomic E-state index is 0.515. The third-order valence-corrected chi connectivity index (χ3v) is 4.79. The second-order valence-electron chi connectivity index (χ2n) is 7.32. The van der Waals surface area contributed by atoms with Crippen LogP contribution in [0.5, 0.6) is 0 Å². The first kappa shape index (κ1) is 14.2. The Balaban J connectivity index is 1.55. The molecule has 1 aliphatic heterocycles. The number of rotatable bonds is 5. The summed E-state index contributed by atoms with van der Waals surface area (Å²) in [7, 11) is 0. The summed E-state index contributed by atoms with van der Waals surface area (Å²) in [6, 6.07) is 2.90. The summed E-state index contributed by atoms with van der Waals surface area (Å²) in [5.41, 5.74) is 1.89. The zero-order valence-electron chi connectivity index (χ0n) is 13.0. The molecule has 0 unspecified atom stereocenters. The Bertz CT molecular complexity index is 434. The standard InChI is InChI=1S/C17H28N2O/c1-17(2)7-3-9-19(10-8-17)13-14-6-11-20-16(14)12-18-15-4-5-15/h6,11,15,18H,3-5,7-10,12-13H2,1-2H3. The lowest BCUT2D eigenvalue weighted by molar-refractivity contribution is 0.254. The van der Waals surface area contributed by atoms with Gasteiger partial charge < -0.3 is 9.73 Å². The van der Waals surface area contributed by atoms with E-state index in [4.69, 9.17) is 4.42 Å². The predicted octanol–water partition coefficient (Wildman–Crippen LogP) is 3.54. The van der Waals surface area contributed by atoms with Gasteiger partial charge in [-0.1, -0.05) is 13.8 Å². The third kappa shape index (κ3) is 3.86. The van der Waals surface area contributed by atoms with E-state index in [1.54, 1.807) is 0 Å². The van der Waals surface area contributed by atoms with Crippen LogP contribution in [0.15, 0.2) is 16.7 Å². The molecule has 3 heteroatoms. The average Bonchev–Trinajstić information content (AvgIpc) is 3.15. The van der Waals surface area contributed by atoms with Gasteiger partial charge >= 0.3 is 0 Å². The van der Waals surface area contributed by atoms with Gasteiger partial charge in [-0.05, 0) is 56.7 Å². The molecule has 0 amide bonds. The molecule has 0 aromatic carbocycles. The summed E-state index contributed by atoms with van der Waals surface area (Å²) >= 11 is 0. The van der Waals surface area contributed by atoms with Crippen molar-refractivity contribution in [2.45, 2.75) is 65.1 Å². The lowest BCUT2D eigenvalue weighted by Gasteiger charge is -2.23. The molecule has 20 heavy (non-hydrogen) atoms. The van der Waals surface area contributed by atoms with Gasteiger partial charge in [0.1, 0.15) is 5.76 Å². The van der Waals surface area contributed by atoms with Crippen LogP contribution in [0.25, 0.3) is 0 Å². The second-order valence-corrected chi connectivity index (χ2v) is 7.32. The van der Waals surface area contributed by atoms with Crippen molar-refractivity contribution >= 4 is 0 Å². The highest BCUT2D eigenvalue weighted by Gasteiger charge is 2.24. The molecule has 1 saturated carbocycles. The van der Waals surface area contributed by atoms with Gasteiger partial charge in [-0.2, -0.15) is 0 Å². The molecular formula is C17H28N2O. The smallest absolute Gasteiger partial charge is 0.122 e. The highest BCUT2D eigenvalue weighted by Crippen LogP contribution is 2.30. The molecule has 2 fully saturated rings. The Morgan fingerprint density at radius 2 is 2.15 bits per heavy atom. The normalized spacial score (nSPS) is 23.7. The summed E-state index contributed by atoms with van der Waals surface area (Å²) < 4.78 is 5.67. The van der Waals surface area contributed by atoms with E-state index in [9.17, 15) is 0 Å². The van der Waals surface area contributed by atoms with Crippen LogP contribution in [0, 0.1) is 5.41 Å². The van der Waals surface area contributed by atoms with Crippen LogP contribution in [0.2, 0.25) is 0 Å². The highest BCUT2D eigenvalue weighted by molar-refractivity contribution is 5.17. The van der Waals surface area contributed by atoms with Crippen molar-refractivity contribution in [1.82, 2.24) is 10.2 Å². The third-order valence-electron chi connectivity index (χ3n) is 4.79. The summed E-state index contributed by atoms with van der Waals surface area (Å²) in [5.74, 6) is 1.14. The van der Waals surface area contributed by atoms with Gasteiger partial charge in [-0.25, -0.2) is 0 Å². The fourth-order valence-electron chi connectivity index (χ4n) is 3.07. The molecule has 1 aromatic heterocycles. The Morgan fingerprint density at radius 1 is 1.30 bits per heavy atom. The molecule has 1 saturated heterocycles. The Morgan fingerprint density at radius 3 is 2.95 bits per heavy atom. The fraction of sp³-hybridized carbons (Fsp3) is 0.765. The molecule has 0 atom stereocenters. The molecular weight excluding hydrogens is 248 g/mol. The number of likely N-dealkylation sites (tertiary alicyclic amines) is 1. The van der Waals surface area contributed by atoms with E-state index in [-0.39, 0.29) is 0 Å². The largest absolute Gasteiger partial charge is 0.468 e. The fourth-order valence-corrected chi connectivity index (χ4v) is 3.07.